The Balaban J connectivity index is 1.10. The minimum absolute atomic E-state index is 0.998. The van der Waals surface area contributed by atoms with Crippen molar-refractivity contribution in [3.8, 4) is 44.5 Å². The molecule has 1 aliphatic heterocycles. The van der Waals surface area contributed by atoms with Crippen LogP contribution < -0.4 is 26.0 Å². The molecule has 0 amide bonds. The fourth-order valence-corrected chi connectivity index (χ4v) is 9.80. The molecule has 0 aromatic heterocycles. The zero-order valence-electron chi connectivity index (χ0n) is 37.4. The van der Waals surface area contributed by atoms with Gasteiger partial charge in [0.2, 0.25) is 0 Å². The van der Waals surface area contributed by atoms with Crippen molar-refractivity contribution in [3.63, 3.8) is 0 Å². The van der Waals surface area contributed by atoms with Crippen molar-refractivity contribution in [2.24, 2.45) is 0 Å². The van der Waals surface area contributed by atoms with E-state index in [1.165, 1.54) is 33.2 Å². The van der Waals surface area contributed by atoms with Crippen LogP contribution in [0.3, 0.4) is 0 Å². The van der Waals surface area contributed by atoms with E-state index in [9.17, 15) is 0 Å². The second-order valence-corrected chi connectivity index (χ2v) is 17.3. The predicted molar refractivity (Wildman–Crippen MR) is 290 cm³/mol. The Bertz CT molecular complexity index is 3520. The third-order valence-corrected chi connectivity index (χ3v) is 13.0. The topological polar surface area (TPSA) is 18.5 Å². The Morgan fingerprint density at radius 1 is 0.368 bits per heavy atom. The van der Waals surface area contributed by atoms with Crippen LogP contribution in [0.5, 0.6) is 0 Å². The van der Waals surface area contributed by atoms with E-state index in [0.29, 0.717) is 0 Å². The van der Waals surface area contributed by atoms with Crippen LogP contribution in [0.1, 0.15) is 0 Å². The molecule has 4 heteroatoms. The highest BCUT2D eigenvalue weighted by Crippen LogP contribution is 2.46. The molecule has 11 aromatic carbocycles. The van der Waals surface area contributed by atoms with Gasteiger partial charge < -0.3 is 15.1 Å². The van der Waals surface area contributed by atoms with E-state index in [1.807, 2.05) is 0 Å². The summed E-state index contributed by atoms with van der Waals surface area (Å²) in [4.78, 5) is 4.84. The number of anilines is 8. The lowest BCUT2D eigenvalue weighted by Crippen LogP contribution is -2.41. The first kappa shape index (κ1) is 40.6. The highest BCUT2D eigenvalue weighted by molar-refractivity contribution is 6.74. The fourth-order valence-electron chi connectivity index (χ4n) is 9.80. The van der Waals surface area contributed by atoms with Crippen LogP contribution in [0.2, 0.25) is 0 Å². The maximum absolute atomic E-state index is 3.99. The van der Waals surface area contributed by atoms with Crippen LogP contribution in [0.15, 0.2) is 267 Å². The number of nitrogens with zero attached hydrogens (tertiary/aromatic N) is 2. The van der Waals surface area contributed by atoms with Gasteiger partial charge in [-0.25, -0.2) is 0 Å². The second kappa shape index (κ2) is 17.8. The molecule has 68 heavy (non-hydrogen) atoms. The Morgan fingerprint density at radius 2 is 0.912 bits per heavy atom. The van der Waals surface area contributed by atoms with Gasteiger partial charge >= 0.3 is 0 Å². The smallest absolute Gasteiger partial charge is 0.197 e. The van der Waals surface area contributed by atoms with Crippen molar-refractivity contribution in [1.82, 2.24) is 0 Å². The molecule has 0 bridgehead atoms. The molecule has 1 radical (unpaired) electrons. The molecule has 1 aliphatic rings. The molecule has 0 spiro atoms. The fraction of sp³-hybridized carbons (Fsp3) is 0. The summed E-state index contributed by atoms with van der Waals surface area (Å²) >= 11 is 0. The molecular formula is C64H45BN3. The molecule has 319 valence electrons. The minimum Gasteiger partial charge on any atom is -0.355 e. The number of hydrogen-bond acceptors (Lipinski definition) is 3. The second-order valence-electron chi connectivity index (χ2n) is 17.3. The van der Waals surface area contributed by atoms with Crippen molar-refractivity contribution in [2.45, 2.75) is 0 Å². The van der Waals surface area contributed by atoms with Gasteiger partial charge in [0.15, 0.2) is 7.28 Å². The molecule has 0 atom stereocenters. The summed E-state index contributed by atoms with van der Waals surface area (Å²) < 4.78 is 0. The first-order chi connectivity index (χ1) is 33.7. The Labute approximate surface area is 399 Å². The van der Waals surface area contributed by atoms with E-state index >= 15 is 0 Å². The van der Waals surface area contributed by atoms with Crippen LogP contribution in [0, 0.1) is 0 Å². The third-order valence-electron chi connectivity index (χ3n) is 13.0. The molecule has 11 aromatic rings. The molecule has 0 saturated carbocycles. The van der Waals surface area contributed by atoms with E-state index in [1.54, 1.807) is 0 Å². The van der Waals surface area contributed by atoms with E-state index in [0.717, 1.165) is 78.5 Å². The van der Waals surface area contributed by atoms with Gasteiger partial charge in [-0.2, -0.15) is 0 Å². The first-order valence-electron chi connectivity index (χ1n) is 23.2. The SMILES string of the molecule is [B]1c2ccc(-c3ccccc3)cc2N(c2cccc(-c3ccccc3)c2)c2c1c(-c1ccc(N(c3ccccc3)c3ccccc3)cc1Nc1cccc(-c3ccccc3)c1)cc1ccccc21. The van der Waals surface area contributed by atoms with E-state index in [2.05, 4.69) is 289 Å². The van der Waals surface area contributed by atoms with Crippen molar-refractivity contribution >= 4 is 74.5 Å². The molecule has 1 N–H and O–H groups in total. The first-order valence-corrected chi connectivity index (χ1v) is 23.2. The Morgan fingerprint density at radius 3 is 1.56 bits per heavy atom. The van der Waals surface area contributed by atoms with Gasteiger partial charge in [-0.05, 0) is 123 Å². The standard InChI is InChI=1S/C64H45BN3/c1-6-20-45(21-7-1)48-27-18-29-52(40-48)66-61-44-56(67(53-30-12-4-13-31-53)54-32-14-5-15-33-54)37-38-58(61)59-42-51-26-16-17-35-57(51)64-63(59)65-60-39-36-50(47-24-10-3-11-25-47)43-62(60)68(64)55-34-19-28-49(41-55)46-22-8-2-9-23-46/h1-44,66H. The maximum atomic E-state index is 3.99. The van der Waals surface area contributed by atoms with Gasteiger partial charge in [0.05, 0.1) is 0 Å². The van der Waals surface area contributed by atoms with Gasteiger partial charge in [0.25, 0.3) is 0 Å². The lowest BCUT2D eigenvalue weighted by molar-refractivity contribution is 1.28. The number of para-hydroxylation sites is 2. The van der Waals surface area contributed by atoms with Gasteiger partial charge in [0, 0.05) is 56.4 Å². The quantitative estimate of drug-likeness (QED) is 0.138. The van der Waals surface area contributed by atoms with Crippen LogP contribution >= 0.6 is 0 Å². The molecule has 1 heterocycles. The molecule has 0 aliphatic carbocycles. The average Bonchev–Trinajstić information content (AvgIpc) is 3.41. The maximum Gasteiger partial charge on any atom is 0.197 e. The zero-order chi connectivity index (χ0) is 45.2. The molecule has 0 saturated heterocycles. The average molecular weight is 867 g/mol. The molecule has 12 rings (SSSR count). The minimum atomic E-state index is 0.998. The monoisotopic (exact) mass is 866 g/mol. The number of benzene rings is 11. The van der Waals surface area contributed by atoms with Crippen LogP contribution in [0.4, 0.5) is 45.5 Å². The lowest BCUT2D eigenvalue weighted by atomic mass is 9.57. The van der Waals surface area contributed by atoms with Gasteiger partial charge in [-0.3, -0.25) is 0 Å². The van der Waals surface area contributed by atoms with Crippen LogP contribution in [-0.2, 0) is 0 Å². The number of hydrogen-bond donors (Lipinski definition) is 1. The zero-order valence-corrected chi connectivity index (χ0v) is 37.4. The number of nitrogens with one attached hydrogen (secondary N) is 1. The van der Waals surface area contributed by atoms with E-state index in [4.69, 9.17) is 0 Å². The summed E-state index contributed by atoms with van der Waals surface area (Å²) in [6.45, 7) is 0. The largest absolute Gasteiger partial charge is 0.355 e. The van der Waals surface area contributed by atoms with Crippen LogP contribution in [0.25, 0.3) is 55.3 Å². The highest BCUT2D eigenvalue weighted by Gasteiger charge is 2.31. The van der Waals surface area contributed by atoms with E-state index in [-0.39, 0.29) is 0 Å². The summed E-state index contributed by atoms with van der Waals surface area (Å²) in [6.07, 6.45) is 0. The lowest BCUT2D eigenvalue weighted by Gasteiger charge is -2.36. The molecule has 3 nitrogen and oxygen atoms in total. The van der Waals surface area contributed by atoms with Crippen LogP contribution in [-0.4, -0.2) is 7.28 Å². The third kappa shape index (κ3) is 7.78. The highest BCUT2D eigenvalue weighted by atomic mass is 15.2. The van der Waals surface area contributed by atoms with Crippen molar-refractivity contribution in [1.29, 1.82) is 0 Å². The van der Waals surface area contributed by atoms with Crippen molar-refractivity contribution < 1.29 is 0 Å². The summed E-state index contributed by atoms with van der Waals surface area (Å²) in [5.74, 6) is 0. The predicted octanol–water partition coefficient (Wildman–Crippen LogP) is 16.2. The van der Waals surface area contributed by atoms with Crippen molar-refractivity contribution in [3.05, 3.63) is 267 Å². The van der Waals surface area contributed by atoms with E-state index < -0.39 is 0 Å². The number of rotatable bonds is 10. The Kier molecular flexibility index (Phi) is 10.7. The molecule has 0 fully saturated rings. The normalized spacial score (nSPS) is 11.6. The summed E-state index contributed by atoms with van der Waals surface area (Å²) in [6, 6.07) is 96.1. The summed E-state index contributed by atoms with van der Waals surface area (Å²) in [5.41, 5.74) is 20.2. The summed E-state index contributed by atoms with van der Waals surface area (Å²) in [5, 5.41) is 6.34. The Hall–Kier alpha value is -8.86. The summed E-state index contributed by atoms with van der Waals surface area (Å²) in [7, 11) is 2.41. The van der Waals surface area contributed by atoms with Gasteiger partial charge in [-0.1, -0.05) is 200 Å². The van der Waals surface area contributed by atoms with Crippen molar-refractivity contribution in [2.75, 3.05) is 15.1 Å². The van der Waals surface area contributed by atoms with Gasteiger partial charge in [0.1, 0.15) is 0 Å². The number of fused-ring (bicyclic) bond motifs is 4. The molecule has 0 unspecified atom stereocenters. The van der Waals surface area contributed by atoms with Gasteiger partial charge in [-0.15, -0.1) is 0 Å². The molecular weight excluding hydrogens is 822 g/mol.